The molecule has 0 heterocycles. The minimum Gasteiger partial charge on any atom is -0.303 e. The molecular formula is C14H26O2. The smallest absolute Gasteiger partial charge is 0.139 e. The van der Waals surface area contributed by atoms with Crippen molar-refractivity contribution in [3.05, 3.63) is 0 Å². The molecule has 0 rings (SSSR count). The summed E-state index contributed by atoms with van der Waals surface area (Å²) in [6.07, 6.45) is 5.89. The standard InChI is InChI=1S/C14H26O2/c1-5-7-9-13(10-15)12(4)14(16)11(3)8-6-2/h10-13H,5-9H2,1-4H3. The Hall–Kier alpha value is -0.660. The van der Waals surface area contributed by atoms with E-state index < -0.39 is 0 Å². The lowest BCUT2D eigenvalue weighted by molar-refractivity contribution is -0.130. The summed E-state index contributed by atoms with van der Waals surface area (Å²) in [7, 11) is 0. The fourth-order valence-corrected chi connectivity index (χ4v) is 2.11. The number of unbranched alkanes of at least 4 members (excludes halogenated alkanes) is 1. The van der Waals surface area contributed by atoms with Crippen molar-refractivity contribution in [2.24, 2.45) is 17.8 Å². The zero-order valence-electron chi connectivity index (χ0n) is 11.2. The van der Waals surface area contributed by atoms with Gasteiger partial charge >= 0.3 is 0 Å². The fraction of sp³-hybridized carbons (Fsp3) is 0.857. The van der Waals surface area contributed by atoms with E-state index in [9.17, 15) is 9.59 Å². The van der Waals surface area contributed by atoms with E-state index in [1.807, 2.05) is 13.8 Å². The van der Waals surface area contributed by atoms with Crippen molar-refractivity contribution in [3.63, 3.8) is 0 Å². The van der Waals surface area contributed by atoms with Gasteiger partial charge in [0, 0.05) is 17.8 Å². The van der Waals surface area contributed by atoms with Gasteiger partial charge < -0.3 is 4.79 Å². The summed E-state index contributed by atoms with van der Waals surface area (Å²) in [5.74, 6) is 0.177. The Labute approximate surface area is 99.8 Å². The van der Waals surface area contributed by atoms with Gasteiger partial charge in [0.1, 0.15) is 12.1 Å². The normalized spacial score (nSPS) is 16.5. The molecule has 0 aromatic heterocycles. The Balaban J connectivity index is 4.31. The first kappa shape index (κ1) is 15.3. The third-order valence-electron chi connectivity index (χ3n) is 3.36. The maximum Gasteiger partial charge on any atom is 0.139 e. The summed E-state index contributed by atoms with van der Waals surface area (Å²) in [6.45, 7) is 8.07. The first-order valence-electron chi connectivity index (χ1n) is 6.57. The maximum absolute atomic E-state index is 12.0. The van der Waals surface area contributed by atoms with Gasteiger partial charge in [-0.15, -0.1) is 0 Å². The third kappa shape index (κ3) is 4.91. The van der Waals surface area contributed by atoms with E-state index in [2.05, 4.69) is 13.8 Å². The molecule has 0 aliphatic carbocycles. The third-order valence-corrected chi connectivity index (χ3v) is 3.36. The molecule has 0 bridgehead atoms. The van der Waals surface area contributed by atoms with Crippen LogP contribution in [0.3, 0.4) is 0 Å². The lowest BCUT2D eigenvalue weighted by Gasteiger charge is -2.20. The first-order valence-corrected chi connectivity index (χ1v) is 6.57. The number of carbonyl (C=O) groups excluding carboxylic acids is 2. The second kappa shape index (κ2) is 8.49. The van der Waals surface area contributed by atoms with Crippen LogP contribution >= 0.6 is 0 Å². The number of aldehydes is 1. The molecule has 0 N–H and O–H groups in total. The van der Waals surface area contributed by atoms with Gasteiger partial charge in [-0.3, -0.25) is 4.79 Å². The van der Waals surface area contributed by atoms with Crippen LogP contribution < -0.4 is 0 Å². The Kier molecular flexibility index (Phi) is 8.14. The molecule has 0 fully saturated rings. The quantitative estimate of drug-likeness (QED) is 0.563. The van der Waals surface area contributed by atoms with Crippen LogP contribution in [0.2, 0.25) is 0 Å². The lowest BCUT2D eigenvalue weighted by atomic mass is 9.82. The second-order valence-electron chi connectivity index (χ2n) is 4.82. The van der Waals surface area contributed by atoms with Gasteiger partial charge in [0.2, 0.25) is 0 Å². The molecule has 0 spiro atoms. The number of carbonyl (C=O) groups is 2. The minimum absolute atomic E-state index is 0.0771. The van der Waals surface area contributed by atoms with E-state index >= 15 is 0 Å². The molecule has 94 valence electrons. The predicted molar refractivity (Wildman–Crippen MR) is 67.3 cm³/mol. The lowest BCUT2D eigenvalue weighted by Crippen LogP contribution is -2.27. The number of hydrogen-bond donors (Lipinski definition) is 0. The van der Waals surface area contributed by atoms with Crippen LogP contribution in [0.1, 0.15) is 59.8 Å². The van der Waals surface area contributed by atoms with Crippen molar-refractivity contribution in [2.45, 2.75) is 59.8 Å². The van der Waals surface area contributed by atoms with E-state index in [4.69, 9.17) is 0 Å². The molecule has 0 saturated heterocycles. The summed E-state index contributed by atoms with van der Waals surface area (Å²) < 4.78 is 0. The van der Waals surface area contributed by atoms with Crippen LogP contribution in [0.25, 0.3) is 0 Å². The summed E-state index contributed by atoms with van der Waals surface area (Å²) in [5, 5.41) is 0. The Morgan fingerprint density at radius 1 is 1.12 bits per heavy atom. The molecule has 0 amide bonds. The highest BCUT2D eigenvalue weighted by Crippen LogP contribution is 2.22. The molecule has 16 heavy (non-hydrogen) atoms. The SMILES string of the molecule is CCCCC(C=O)C(C)C(=O)C(C)CCC. The average molecular weight is 226 g/mol. The van der Waals surface area contributed by atoms with Gasteiger partial charge in [-0.05, 0) is 12.8 Å². The first-order chi connectivity index (χ1) is 7.58. The molecule has 2 heteroatoms. The van der Waals surface area contributed by atoms with Gasteiger partial charge in [0.15, 0.2) is 0 Å². The molecule has 0 aliphatic heterocycles. The van der Waals surface area contributed by atoms with Gasteiger partial charge in [-0.25, -0.2) is 0 Å². The van der Waals surface area contributed by atoms with E-state index in [-0.39, 0.29) is 23.5 Å². The second-order valence-corrected chi connectivity index (χ2v) is 4.82. The summed E-state index contributed by atoms with van der Waals surface area (Å²) in [4.78, 5) is 23.0. The molecule has 0 saturated carbocycles. The molecule has 2 nitrogen and oxygen atoms in total. The zero-order chi connectivity index (χ0) is 12.6. The monoisotopic (exact) mass is 226 g/mol. The predicted octanol–water partition coefficient (Wildman–Crippen LogP) is 3.63. The van der Waals surface area contributed by atoms with E-state index in [1.165, 1.54) is 0 Å². The maximum atomic E-state index is 12.0. The van der Waals surface area contributed by atoms with Gasteiger partial charge in [-0.2, -0.15) is 0 Å². The number of rotatable bonds is 9. The van der Waals surface area contributed by atoms with E-state index in [0.717, 1.165) is 38.4 Å². The van der Waals surface area contributed by atoms with Gasteiger partial charge in [0.05, 0.1) is 0 Å². The van der Waals surface area contributed by atoms with E-state index in [1.54, 1.807) is 0 Å². The highest BCUT2D eigenvalue weighted by atomic mass is 16.1. The van der Waals surface area contributed by atoms with E-state index in [0.29, 0.717) is 0 Å². The molecule has 3 atom stereocenters. The van der Waals surface area contributed by atoms with Crippen LogP contribution in [0.15, 0.2) is 0 Å². The summed E-state index contributed by atoms with van der Waals surface area (Å²) >= 11 is 0. The topological polar surface area (TPSA) is 34.1 Å². The van der Waals surface area contributed by atoms with Crippen molar-refractivity contribution in [1.82, 2.24) is 0 Å². The van der Waals surface area contributed by atoms with Crippen LogP contribution in [0.4, 0.5) is 0 Å². The Bertz CT molecular complexity index is 211. The van der Waals surface area contributed by atoms with Crippen molar-refractivity contribution in [1.29, 1.82) is 0 Å². The molecule has 0 radical (unpaired) electrons. The fourth-order valence-electron chi connectivity index (χ4n) is 2.11. The summed E-state index contributed by atoms with van der Waals surface area (Å²) in [5.41, 5.74) is 0. The highest BCUT2D eigenvalue weighted by Gasteiger charge is 2.26. The van der Waals surface area contributed by atoms with Crippen LogP contribution in [0.5, 0.6) is 0 Å². The minimum atomic E-state index is -0.106. The van der Waals surface area contributed by atoms with Crippen LogP contribution in [-0.4, -0.2) is 12.1 Å². The average Bonchev–Trinajstić information content (AvgIpc) is 2.29. The molecule has 0 aromatic carbocycles. The number of Topliss-reactive ketones (excluding diaryl/α,β-unsaturated/α-hetero) is 1. The van der Waals surface area contributed by atoms with Crippen LogP contribution in [-0.2, 0) is 9.59 Å². The zero-order valence-corrected chi connectivity index (χ0v) is 11.2. The molecular weight excluding hydrogens is 200 g/mol. The van der Waals surface area contributed by atoms with Crippen LogP contribution in [0, 0.1) is 17.8 Å². The van der Waals surface area contributed by atoms with Crippen molar-refractivity contribution in [3.8, 4) is 0 Å². The molecule has 3 unspecified atom stereocenters. The Morgan fingerprint density at radius 2 is 1.75 bits per heavy atom. The van der Waals surface area contributed by atoms with Gasteiger partial charge in [0.25, 0.3) is 0 Å². The largest absolute Gasteiger partial charge is 0.303 e. The molecule has 0 aromatic rings. The van der Waals surface area contributed by atoms with Crippen molar-refractivity contribution >= 4 is 12.1 Å². The number of ketones is 1. The highest BCUT2D eigenvalue weighted by molar-refractivity contribution is 5.85. The number of hydrogen-bond acceptors (Lipinski definition) is 2. The Morgan fingerprint density at radius 3 is 2.19 bits per heavy atom. The van der Waals surface area contributed by atoms with Crippen molar-refractivity contribution < 1.29 is 9.59 Å². The van der Waals surface area contributed by atoms with Gasteiger partial charge in [-0.1, -0.05) is 47.0 Å². The summed E-state index contributed by atoms with van der Waals surface area (Å²) in [6, 6.07) is 0. The van der Waals surface area contributed by atoms with Crippen molar-refractivity contribution in [2.75, 3.05) is 0 Å². The molecule has 0 aliphatic rings.